The van der Waals surface area contributed by atoms with Gasteiger partial charge < -0.3 is 10.5 Å². The zero-order valence-electron chi connectivity index (χ0n) is 11.0. The molecule has 18 heavy (non-hydrogen) atoms. The number of rotatable bonds is 4. The van der Waals surface area contributed by atoms with Crippen LogP contribution in [0.2, 0.25) is 0 Å². The molecule has 0 spiro atoms. The molecular weight excluding hydrogens is 232 g/mol. The zero-order valence-corrected chi connectivity index (χ0v) is 11.0. The molecule has 1 aliphatic rings. The fourth-order valence-corrected chi connectivity index (χ4v) is 2.26. The molecule has 1 aliphatic heterocycles. The minimum Gasteiger partial charge on any atom is -0.460 e. The Morgan fingerprint density at radius 1 is 1.44 bits per heavy atom. The van der Waals surface area contributed by atoms with Gasteiger partial charge >= 0.3 is 5.97 Å². The highest BCUT2D eigenvalue weighted by Gasteiger charge is 2.19. The van der Waals surface area contributed by atoms with Crippen molar-refractivity contribution in [3.05, 3.63) is 11.4 Å². The predicted octanol–water partition coefficient (Wildman–Crippen LogP) is 0.563. The molecule has 1 aromatic rings. The van der Waals surface area contributed by atoms with Crippen molar-refractivity contribution in [3.63, 3.8) is 0 Å². The van der Waals surface area contributed by atoms with E-state index in [2.05, 4.69) is 10.00 Å². The van der Waals surface area contributed by atoms with Crippen LogP contribution in [0.1, 0.15) is 29.0 Å². The summed E-state index contributed by atoms with van der Waals surface area (Å²) >= 11 is 0. The first-order chi connectivity index (χ1) is 8.59. The van der Waals surface area contributed by atoms with E-state index in [9.17, 15) is 4.79 Å². The van der Waals surface area contributed by atoms with Crippen LogP contribution in [0.5, 0.6) is 0 Å². The topological polar surface area (TPSA) is 73.4 Å². The van der Waals surface area contributed by atoms with Crippen molar-refractivity contribution in [3.8, 4) is 0 Å². The standard InChI is InChI=1S/C12H20N4O2/c1-9-10(13)11(15(2)14-9)12(17)18-8-7-16-5-3-4-6-16/h3-8,13H2,1-2H3. The molecule has 0 radical (unpaired) electrons. The van der Waals surface area contributed by atoms with Gasteiger partial charge in [-0.2, -0.15) is 5.10 Å². The largest absolute Gasteiger partial charge is 0.460 e. The summed E-state index contributed by atoms with van der Waals surface area (Å²) in [6, 6.07) is 0. The molecule has 0 saturated carbocycles. The molecule has 2 heterocycles. The third-order valence-electron chi connectivity index (χ3n) is 3.30. The van der Waals surface area contributed by atoms with Crippen molar-refractivity contribution in [1.29, 1.82) is 0 Å². The molecule has 6 heteroatoms. The minimum absolute atomic E-state index is 0.342. The van der Waals surface area contributed by atoms with Gasteiger partial charge in [0, 0.05) is 13.6 Å². The first-order valence-corrected chi connectivity index (χ1v) is 6.28. The summed E-state index contributed by atoms with van der Waals surface area (Å²) in [5.74, 6) is -0.394. The van der Waals surface area contributed by atoms with Crippen molar-refractivity contribution in [2.75, 3.05) is 32.0 Å². The van der Waals surface area contributed by atoms with E-state index in [1.165, 1.54) is 17.5 Å². The number of ether oxygens (including phenoxy) is 1. The first-order valence-electron chi connectivity index (χ1n) is 6.28. The fraction of sp³-hybridized carbons (Fsp3) is 0.667. The average Bonchev–Trinajstić information content (AvgIpc) is 2.89. The van der Waals surface area contributed by atoms with Gasteiger partial charge in [0.15, 0.2) is 5.69 Å². The maximum atomic E-state index is 11.9. The third-order valence-corrected chi connectivity index (χ3v) is 3.30. The van der Waals surface area contributed by atoms with Crippen molar-refractivity contribution in [1.82, 2.24) is 14.7 Å². The lowest BCUT2D eigenvalue weighted by atomic mass is 10.3. The Morgan fingerprint density at radius 3 is 2.67 bits per heavy atom. The first kappa shape index (κ1) is 12.9. The Hall–Kier alpha value is -1.56. The second kappa shape index (κ2) is 5.39. The number of nitrogens with zero attached hydrogens (tertiary/aromatic N) is 3. The summed E-state index contributed by atoms with van der Waals surface area (Å²) in [5, 5.41) is 4.10. The number of hydrogen-bond acceptors (Lipinski definition) is 5. The third kappa shape index (κ3) is 2.64. The molecule has 0 atom stereocenters. The van der Waals surface area contributed by atoms with Gasteiger partial charge in [-0.25, -0.2) is 4.79 Å². The molecule has 6 nitrogen and oxygen atoms in total. The molecular formula is C12H20N4O2. The number of aromatic nitrogens is 2. The maximum Gasteiger partial charge on any atom is 0.358 e. The van der Waals surface area contributed by atoms with Gasteiger partial charge in [0.1, 0.15) is 6.61 Å². The second-order valence-electron chi connectivity index (χ2n) is 4.66. The number of anilines is 1. The lowest BCUT2D eigenvalue weighted by Crippen LogP contribution is -2.25. The highest BCUT2D eigenvalue weighted by molar-refractivity contribution is 5.93. The molecule has 100 valence electrons. The normalized spacial score (nSPS) is 16.1. The number of nitrogens with two attached hydrogens (primary N) is 1. The van der Waals surface area contributed by atoms with Crippen LogP contribution in [0.4, 0.5) is 5.69 Å². The molecule has 0 aromatic carbocycles. The number of likely N-dealkylation sites (tertiary alicyclic amines) is 1. The zero-order chi connectivity index (χ0) is 13.1. The number of aryl methyl sites for hydroxylation is 2. The van der Waals surface area contributed by atoms with Crippen molar-refractivity contribution < 1.29 is 9.53 Å². The Kier molecular flexibility index (Phi) is 3.86. The molecule has 1 saturated heterocycles. The van der Waals surface area contributed by atoms with E-state index < -0.39 is 5.97 Å². The van der Waals surface area contributed by atoms with Gasteiger partial charge in [-0.1, -0.05) is 0 Å². The fourth-order valence-electron chi connectivity index (χ4n) is 2.26. The average molecular weight is 252 g/mol. The quantitative estimate of drug-likeness (QED) is 0.793. The lowest BCUT2D eigenvalue weighted by molar-refractivity contribution is 0.0461. The van der Waals surface area contributed by atoms with Gasteiger partial charge in [-0.15, -0.1) is 0 Å². The van der Waals surface area contributed by atoms with Crippen LogP contribution in [-0.4, -0.2) is 46.9 Å². The summed E-state index contributed by atoms with van der Waals surface area (Å²) in [4.78, 5) is 14.2. The monoisotopic (exact) mass is 252 g/mol. The summed E-state index contributed by atoms with van der Waals surface area (Å²) < 4.78 is 6.72. The number of hydrogen-bond donors (Lipinski definition) is 1. The minimum atomic E-state index is -0.394. The molecule has 0 aliphatic carbocycles. The van der Waals surface area contributed by atoms with Crippen molar-refractivity contribution >= 4 is 11.7 Å². The number of nitrogen functional groups attached to an aromatic ring is 1. The van der Waals surface area contributed by atoms with Crippen LogP contribution in [0, 0.1) is 6.92 Å². The van der Waals surface area contributed by atoms with E-state index in [1.54, 1.807) is 14.0 Å². The molecule has 0 amide bonds. The number of carbonyl (C=O) groups is 1. The van der Waals surface area contributed by atoms with E-state index in [1.807, 2.05) is 0 Å². The Morgan fingerprint density at radius 2 is 2.11 bits per heavy atom. The second-order valence-corrected chi connectivity index (χ2v) is 4.66. The highest BCUT2D eigenvalue weighted by atomic mass is 16.5. The van der Waals surface area contributed by atoms with Gasteiger partial charge in [0.05, 0.1) is 11.4 Å². The lowest BCUT2D eigenvalue weighted by Gasteiger charge is -2.14. The SMILES string of the molecule is Cc1nn(C)c(C(=O)OCCN2CCCC2)c1N. The van der Waals surface area contributed by atoms with Crippen molar-refractivity contribution in [2.45, 2.75) is 19.8 Å². The number of carbonyl (C=O) groups excluding carboxylic acids is 1. The van der Waals surface area contributed by atoms with E-state index in [0.717, 1.165) is 19.6 Å². The van der Waals surface area contributed by atoms with Crippen LogP contribution < -0.4 is 5.73 Å². The number of esters is 1. The van der Waals surface area contributed by atoms with Gasteiger partial charge in [-0.3, -0.25) is 9.58 Å². The summed E-state index contributed by atoms with van der Waals surface area (Å²) in [6.45, 7) is 5.18. The Bertz CT molecular complexity index is 436. The van der Waals surface area contributed by atoms with Gasteiger partial charge in [-0.05, 0) is 32.9 Å². The Labute approximate surface area is 107 Å². The Balaban J connectivity index is 1.87. The molecule has 2 rings (SSSR count). The van der Waals surface area contributed by atoms with Crippen LogP contribution >= 0.6 is 0 Å². The van der Waals surface area contributed by atoms with Gasteiger partial charge in [0.2, 0.25) is 0 Å². The maximum absolute atomic E-state index is 11.9. The molecule has 1 fully saturated rings. The summed E-state index contributed by atoms with van der Waals surface area (Å²) in [7, 11) is 1.69. The smallest absolute Gasteiger partial charge is 0.358 e. The summed E-state index contributed by atoms with van der Waals surface area (Å²) in [6.07, 6.45) is 2.48. The molecule has 2 N–H and O–H groups in total. The van der Waals surface area contributed by atoms with Crippen LogP contribution in [0.3, 0.4) is 0 Å². The van der Waals surface area contributed by atoms with Gasteiger partial charge in [0.25, 0.3) is 0 Å². The van der Waals surface area contributed by atoms with E-state index >= 15 is 0 Å². The van der Waals surface area contributed by atoms with E-state index in [0.29, 0.717) is 23.7 Å². The van der Waals surface area contributed by atoms with Crippen LogP contribution in [-0.2, 0) is 11.8 Å². The molecule has 0 unspecified atom stereocenters. The molecule has 1 aromatic heterocycles. The summed E-state index contributed by atoms with van der Waals surface area (Å²) in [5.41, 5.74) is 7.21. The predicted molar refractivity (Wildman–Crippen MR) is 68.3 cm³/mol. The van der Waals surface area contributed by atoms with Crippen molar-refractivity contribution in [2.24, 2.45) is 7.05 Å². The van der Waals surface area contributed by atoms with E-state index in [4.69, 9.17) is 10.5 Å². The molecule has 0 bridgehead atoms. The van der Waals surface area contributed by atoms with Crippen LogP contribution in [0.25, 0.3) is 0 Å². The van der Waals surface area contributed by atoms with E-state index in [-0.39, 0.29) is 0 Å². The highest BCUT2D eigenvalue weighted by Crippen LogP contribution is 2.16. The van der Waals surface area contributed by atoms with Crippen LogP contribution in [0.15, 0.2) is 0 Å².